The maximum absolute atomic E-state index is 13.2. The number of nitrogens with zero attached hydrogens (tertiary/aromatic N) is 2. The zero-order valence-electron chi connectivity index (χ0n) is 16.2. The molecular weight excluding hydrogens is 353 g/mol. The fourth-order valence-corrected chi connectivity index (χ4v) is 3.54. The summed E-state index contributed by atoms with van der Waals surface area (Å²) >= 11 is 0. The third-order valence-corrected chi connectivity index (χ3v) is 5.09. The van der Waals surface area contributed by atoms with E-state index in [2.05, 4.69) is 19.2 Å². The highest BCUT2D eigenvalue weighted by Crippen LogP contribution is 2.29. The summed E-state index contributed by atoms with van der Waals surface area (Å²) < 4.78 is 13.2. The molecule has 0 spiro atoms. The van der Waals surface area contributed by atoms with Gasteiger partial charge in [0.25, 0.3) is 0 Å². The standard InChI is InChI=1S/C20H32FN3O.ClH/c1-4-23(20(25)24-14-11-22-12-15-24)13-5-6-19(16(2)3)17-7-9-18(21)10-8-17;/h7-10,16,19,22H,4-6,11-15H2,1-3H3;1H. The predicted octanol–water partition coefficient (Wildman–Crippen LogP) is 4.11. The minimum Gasteiger partial charge on any atom is -0.325 e. The maximum atomic E-state index is 13.2. The van der Waals surface area contributed by atoms with Crippen LogP contribution in [0.2, 0.25) is 0 Å². The monoisotopic (exact) mass is 385 g/mol. The molecule has 1 saturated heterocycles. The van der Waals surface area contributed by atoms with Crippen LogP contribution in [0, 0.1) is 11.7 Å². The predicted molar refractivity (Wildman–Crippen MR) is 108 cm³/mol. The molecule has 0 aliphatic carbocycles. The van der Waals surface area contributed by atoms with Crippen LogP contribution in [0.25, 0.3) is 0 Å². The largest absolute Gasteiger partial charge is 0.325 e. The second kappa shape index (κ2) is 11.4. The molecule has 1 atom stereocenters. The normalized spacial score (nSPS) is 15.5. The van der Waals surface area contributed by atoms with Crippen molar-refractivity contribution in [3.8, 4) is 0 Å². The second-order valence-corrected chi connectivity index (χ2v) is 7.14. The van der Waals surface area contributed by atoms with Crippen molar-refractivity contribution < 1.29 is 9.18 Å². The van der Waals surface area contributed by atoms with E-state index >= 15 is 0 Å². The van der Waals surface area contributed by atoms with Crippen molar-refractivity contribution in [3.05, 3.63) is 35.6 Å². The van der Waals surface area contributed by atoms with Crippen molar-refractivity contribution in [2.45, 2.75) is 39.5 Å². The molecular formula is C20H33ClFN3O. The van der Waals surface area contributed by atoms with Crippen LogP contribution in [0.15, 0.2) is 24.3 Å². The Morgan fingerprint density at radius 3 is 2.38 bits per heavy atom. The second-order valence-electron chi connectivity index (χ2n) is 7.14. The zero-order chi connectivity index (χ0) is 18.2. The number of carbonyl (C=O) groups is 1. The number of urea groups is 1. The van der Waals surface area contributed by atoms with Gasteiger partial charge in [-0.3, -0.25) is 0 Å². The number of nitrogens with one attached hydrogen (secondary N) is 1. The molecule has 0 bridgehead atoms. The van der Waals surface area contributed by atoms with Crippen LogP contribution in [-0.2, 0) is 0 Å². The van der Waals surface area contributed by atoms with Crippen LogP contribution in [0.5, 0.6) is 0 Å². The molecule has 6 heteroatoms. The van der Waals surface area contributed by atoms with E-state index in [1.807, 2.05) is 28.9 Å². The highest BCUT2D eigenvalue weighted by atomic mass is 35.5. The lowest BCUT2D eigenvalue weighted by atomic mass is 9.85. The van der Waals surface area contributed by atoms with Gasteiger partial charge in [0.15, 0.2) is 0 Å². The molecule has 26 heavy (non-hydrogen) atoms. The van der Waals surface area contributed by atoms with Gasteiger partial charge >= 0.3 is 6.03 Å². The Morgan fingerprint density at radius 2 is 1.85 bits per heavy atom. The minimum atomic E-state index is -0.190. The van der Waals surface area contributed by atoms with Gasteiger partial charge in [-0.05, 0) is 49.3 Å². The smallest absolute Gasteiger partial charge is 0.320 e. The van der Waals surface area contributed by atoms with Crippen molar-refractivity contribution in [3.63, 3.8) is 0 Å². The highest BCUT2D eigenvalue weighted by Gasteiger charge is 2.22. The van der Waals surface area contributed by atoms with Gasteiger partial charge in [0.05, 0.1) is 0 Å². The quantitative estimate of drug-likeness (QED) is 0.766. The number of amides is 2. The summed E-state index contributed by atoms with van der Waals surface area (Å²) in [6.07, 6.45) is 1.97. The lowest BCUT2D eigenvalue weighted by molar-refractivity contribution is 0.147. The molecule has 0 radical (unpaired) electrons. The summed E-state index contributed by atoms with van der Waals surface area (Å²) in [6, 6.07) is 7.02. The average molecular weight is 386 g/mol. The van der Waals surface area contributed by atoms with Crippen molar-refractivity contribution >= 4 is 18.4 Å². The van der Waals surface area contributed by atoms with Crippen molar-refractivity contribution in [1.29, 1.82) is 0 Å². The molecule has 1 aromatic carbocycles. The van der Waals surface area contributed by atoms with Gasteiger partial charge in [-0.15, -0.1) is 12.4 Å². The molecule has 2 amide bonds. The first-order valence-electron chi connectivity index (χ1n) is 9.53. The summed E-state index contributed by atoms with van der Waals surface area (Å²) in [5.74, 6) is 0.697. The maximum Gasteiger partial charge on any atom is 0.320 e. The van der Waals surface area contributed by atoms with Gasteiger partial charge in [0.2, 0.25) is 0 Å². The molecule has 1 aromatic rings. The Morgan fingerprint density at radius 1 is 1.23 bits per heavy atom. The number of halogens is 2. The van der Waals surface area contributed by atoms with E-state index in [0.29, 0.717) is 11.8 Å². The van der Waals surface area contributed by atoms with Crippen LogP contribution in [-0.4, -0.2) is 55.1 Å². The Hall–Kier alpha value is -1.33. The van der Waals surface area contributed by atoms with Gasteiger partial charge in [0, 0.05) is 39.3 Å². The SMILES string of the molecule is CCN(CCCC(c1ccc(F)cc1)C(C)C)C(=O)N1CCNCC1.Cl. The van der Waals surface area contributed by atoms with Gasteiger partial charge in [0.1, 0.15) is 5.82 Å². The summed E-state index contributed by atoms with van der Waals surface area (Å²) in [5, 5.41) is 3.28. The van der Waals surface area contributed by atoms with E-state index in [9.17, 15) is 9.18 Å². The van der Waals surface area contributed by atoms with Crippen LogP contribution < -0.4 is 5.32 Å². The van der Waals surface area contributed by atoms with Crippen molar-refractivity contribution in [2.75, 3.05) is 39.3 Å². The Balaban J connectivity index is 0.00000338. The topological polar surface area (TPSA) is 35.6 Å². The molecule has 1 N–H and O–H groups in total. The van der Waals surface area contributed by atoms with Crippen LogP contribution >= 0.6 is 12.4 Å². The fraction of sp³-hybridized carbons (Fsp3) is 0.650. The fourth-order valence-electron chi connectivity index (χ4n) is 3.54. The number of benzene rings is 1. The minimum absolute atomic E-state index is 0. The van der Waals surface area contributed by atoms with E-state index in [-0.39, 0.29) is 24.3 Å². The summed E-state index contributed by atoms with van der Waals surface area (Å²) in [4.78, 5) is 16.5. The van der Waals surface area contributed by atoms with Crippen LogP contribution in [0.3, 0.4) is 0 Å². The molecule has 0 saturated carbocycles. The highest BCUT2D eigenvalue weighted by molar-refractivity contribution is 5.85. The Bertz CT molecular complexity index is 532. The number of hydrogen-bond acceptors (Lipinski definition) is 2. The number of rotatable bonds is 7. The third-order valence-electron chi connectivity index (χ3n) is 5.09. The molecule has 0 aromatic heterocycles. The molecule has 1 heterocycles. The van der Waals surface area contributed by atoms with Crippen LogP contribution in [0.1, 0.15) is 45.1 Å². The van der Waals surface area contributed by atoms with Gasteiger partial charge in [-0.25, -0.2) is 9.18 Å². The van der Waals surface area contributed by atoms with Crippen molar-refractivity contribution in [2.24, 2.45) is 5.92 Å². The lowest BCUT2D eigenvalue weighted by Crippen LogP contribution is -2.51. The third kappa shape index (κ3) is 6.44. The molecule has 1 unspecified atom stereocenters. The number of hydrogen-bond donors (Lipinski definition) is 1. The molecule has 148 valence electrons. The van der Waals surface area contributed by atoms with Crippen molar-refractivity contribution in [1.82, 2.24) is 15.1 Å². The molecule has 4 nitrogen and oxygen atoms in total. The Kier molecular flexibility index (Phi) is 9.96. The zero-order valence-corrected chi connectivity index (χ0v) is 17.0. The molecule has 1 aliphatic heterocycles. The molecule has 1 aliphatic rings. The van der Waals surface area contributed by atoms with Gasteiger partial charge in [-0.1, -0.05) is 26.0 Å². The number of carbonyl (C=O) groups excluding carboxylic acids is 1. The van der Waals surface area contributed by atoms with E-state index in [1.165, 1.54) is 17.7 Å². The van der Waals surface area contributed by atoms with Gasteiger partial charge in [-0.2, -0.15) is 0 Å². The number of piperazine rings is 1. The molecule has 2 rings (SSSR count). The van der Waals surface area contributed by atoms with E-state index in [0.717, 1.165) is 52.1 Å². The summed E-state index contributed by atoms with van der Waals surface area (Å²) in [7, 11) is 0. The van der Waals surface area contributed by atoms with E-state index in [4.69, 9.17) is 0 Å². The lowest BCUT2D eigenvalue weighted by Gasteiger charge is -2.33. The summed E-state index contributed by atoms with van der Waals surface area (Å²) in [6.45, 7) is 11.3. The average Bonchev–Trinajstić information content (AvgIpc) is 2.63. The Labute approximate surface area is 163 Å². The first kappa shape index (κ1) is 22.7. The first-order valence-corrected chi connectivity index (χ1v) is 9.53. The summed E-state index contributed by atoms with van der Waals surface area (Å²) in [5.41, 5.74) is 1.19. The molecule has 1 fully saturated rings. The van der Waals surface area contributed by atoms with Gasteiger partial charge < -0.3 is 15.1 Å². The first-order chi connectivity index (χ1) is 12.0. The van der Waals surface area contributed by atoms with E-state index < -0.39 is 0 Å². The van der Waals surface area contributed by atoms with Crippen LogP contribution in [0.4, 0.5) is 9.18 Å². The van der Waals surface area contributed by atoms with E-state index in [1.54, 1.807) is 0 Å².